The van der Waals surface area contributed by atoms with Gasteiger partial charge in [-0.25, -0.2) is 0 Å². The molecule has 1 aromatic rings. The molecule has 1 aromatic heterocycles. The molecule has 3 nitrogen and oxygen atoms in total. The minimum Gasteiger partial charge on any atom is -0.348 e. The molecule has 0 aliphatic carbocycles. The van der Waals surface area contributed by atoms with Crippen molar-refractivity contribution in [1.29, 1.82) is 0 Å². The third-order valence-corrected chi connectivity index (χ3v) is 1.66. The number of ketones is 1. The topological polar surface area (TPSA) is 48.0 Å². The van der Waals surface area contributed by atoms with Gasteiger partial charge in [-0.3, -0.25) is 4.79 Å². The second kappa shape index (κ2) is 2.88. The molecule has 2 N–H and O–H groups in total. The zero-order valence-corrected chi connectivity index (χ0v) is 6.79. The van der Waals surface area contributed by atoms with Crippen molar-refractivity contribution < 1.29 is 4.79 Å². The Balaban J connectivity index is 3.07. The number of rotatable bonds is 2. The van der Waals surface area contributed by atoms with Gasteiger partial charge in [-0.05, 0) is 11.6 Å². The Kier molecular flexibility index (Phi) is 2.10. The van der Waals surface area contributed by atoms with E-state index in [0.29, 0.717) is 12.2 Å². The Hall–Kier alpha value is -1.09. The van der Waals surface area contributed by atoms with E-state index >= 15 is 0 Å². The number of nitrogens with zero attached hydrogens (tertiary/aromatic N) is 1. The standard InChI is InChI=1S/C8H12N2O/c1-6(11)8-3-7(4-9)5-10(8)2/h3,5H,4,9H2,1-2H3. The Labute approximate surface area is 65.8 Å². The van der Waals surface area contributed by atoms with Crippen molar-refractivity contribution >= 4 is 5.78 Å². The van der Waals surface area contributed by atoms with Crippen molar-refractivity contribution in [1.82, 2.24) is 4.57 Å². The van der Waals surface area contributed by atoms with E-state index < -0.39 is 0 Å². The van der Waals surface area contributed by atoms with Crippen LogP contribution in [0.5, 0.6) is 0 Å². The van der Waals surface area contributed by atoms with Crippen LogP contribution in [0.4, 0.5) is 0 Å². The first-order chi connectivity index (χ1) is 5.15. The van der Waals surface area contributed by atoms with E-state index in [0.717, 1.165) is 5.56 Å². The van der Waals surface area contributed by atoms with E-state index in [1.807, 2.05) is 19.3 Å². The van der Waals surface area contributed by atoms with Gasteiger partial charge < -0.3 is 10.3 Å². The number of hydrogen-bond acceptors (Lipinski definition) is 2. The Bertz CT molecular complexity index is 276. The third-order valence-electron chi connectivity index (χ3n) is 1.66. The SMILES string of the molecule is CC(=O)c1cc(CN)cn1C. The molecule has 0 radical (unpaired) electrons. The van der Waals surface area contributed by atoms with E-state index in [9.17, 15) is 4.79 Å². The molecule has 0 fully saturated rings. The number of nitrogens with two attached hydrogens (primary N) is 1. The molecule has 0 aliphatic rings. The van der Waals surface area contributed by atoms with Crippen molar-refractivity contribution in [3.05, 3.63) is 23.5 Å². The van der Waals surface area contributed by atoms with Gasteiger partial charge in [-0.15, -0.1) is 0 Å². The number of hydrogen-bond donors (Lipinski definition) is 1. The number of carbonyl (C=O) groups excluding carboxylic acids is 1. The van der Waals surface area contributed by atoms with E-state index in [2.05, 4.69) is 0 Å². The van der Waals surface area contributed by atoms with E-state index in [1.165, 1.54) is 0 Å². The molecule has 0 aliphatic heterocycles. The lowest BCUT2D eigenvalue weighted by Crippen LogP contribution is -1.99. The highest BCUT2D eigenvalue weighted by Crippen LogP contribution is 2.06. The van der Waals surface area contributed by atoms with Crippen LogP contribution >= 0.6 is 0 Å². The summed E-state index contributed by atoms with van der Waals surface area (Å²) in [6, 6.07) is 1.82. The second-order valence-corrected chi connectivity index (χ2v) is 2.60. The summed E-state index contributed by atoms with van der Waals surface area (Å²) < 4.78 is 1.80. The normalized spacial score (nSPS) is 10.1. The quantitative estimate of drug-likeness (QED) is 0.634. The number of carbonyl (C=O) groups is 1. The minimum absolute atomic E-state index is 0.0761. The van der Waals surface area contributed by atoms with Gasteiger partial charge in [0.15, 0.2) is 5.78 Å². The first-order valence-corrected chi connectivity index (χ1v) is 3.51. The van der Waals surface area contributed by atoms with Crippen molar-refractivity contribution in [2.45, 2.75) is 13.5 Å². The van der Waals surface area contributed by atoms with Crippen molar-refractivity contribution in [3.8, 4) is 0 Å². The number of aromatic nitrogens is 1. The van der Waals surface area contributed by atoms with E-state index in [1.54, 1.807) is 11.5 Å². The van der Waals surface area contributed by atoms with Gasteiger partial charge in [0, 0.05) is 26.7 Å². The smallest absolute Gasteiger partial charge is 0.176 e. The summed E-state index contributed by atoms with van der Waals surface area (Å²) in [5, 5.41) is 0. The van der Waals surface area contributed by atoms with Gasteiger partial charge in [0.2, 0.25) is 0 Å². The number of Topliss-reactive ketones (excluding diaryl/α,β-unsaturated/α-hetero) is 1. The summed E-state index contributed by atoms with van der Waals surface area (Å²) in [7, 11) is 1.84. The van der Waals surface area contributed by atoms with Crippen LogP contribution < -0.4 is 5.73 Å². The molecule has 3 heteroatoms. The lowest BCUT2D eigenvalue weighted by molar-refractivity contribution is 0.101. The first-order valence-electron chi connectivity index (χ1n) is 3.51. The van der Waals surface area contributed by atoms with E-state index in [-0.39, 0.29) is 5.78 Å². The van der Waals surface area contributed by atoms with Crippen LogP contribution in [0.2, 0.25) is 0 Å². The van der Waals surface area contributed by atoms with Crippen LogP contribution in [-0.4, -0.2) is 10.4 Å². The van der Waals surface area contributed by atoms with Crippen molar-refractivity contribution in [3.63, 3.8) is 0 Å². The summed E-state index contributed by atoms with van der Waals surface area (Å²) in [4.78, 5) is 10.9. The second-order valence-electron chi connectivity index (χ2n) is 2.60. The fourth-order valence-electron chi connectivity index (χ4n) is 1.09. The third kappa shape index (κ3) is 1.49. The van der Waals surface area contributed by atoms with Crippen molar-refractivity contribution in [2.24, 2.45) is 12.8 Å². The summed E-state index contributed by atoms with van der Waals surface area (Å²) >= 11 is 0. The molecule has 60 valence electrons. The van der Waals surface area contributed by atoms with Crippen LogP contribution in [0.15, 0.2) is 12.3 Å². The first kappa shape index (κ1) is 8.01. The molecule has 0 unspecified atom stereocenters. The Morgan fingerprint density at radius 3 is 2.64 bits per heavy atom. The molecule has 0 bridgehead atoms. The van der Waals surface area contributed by atoms with Gasteiger partial charge in [0.1, 0.15) is 0 Å². The molecule has 11 heavy (non-hydrogen) atoms. The summed E-state index contributed by atoms with van der Waals surface area (Å²) in [5.41, 5.74) is 7.12. The highest BCUT2D eigenvalue weighted by Gasteiger charge is 2.05. The van der Waals surface area contributed by atoms with Gasteiger partial charge in [-0.2, -0.15) is 0 Å². The maximum atomic E-state index is 10.9. The molecule has 0 amide bonds. The number of aryl methyl sites for hydroxylation is 1. The highest BCUT2D eigenvalue weighted by molar-refractivity contribution is 5.92. The predicted molar refractivity (Wildman–Crippen MR) is 43.3 cm³/mol. The lowest BCUT2D eigenvalue weighted by Gasteiger charge is -1.94. The average Bonchev–Trinajstić information content (AvgIpc) is 2.30. The van der Waals surface area contributed by atoms with Crippen LogP contribution in [0.25, 0.3) is 0 Å². The van der Waals surface area contributed by atoms with Gasteiger partial charge >= 0.3 is 0 Å². The van der Waals surface area contributed by atoms with Crippen molar-refractivity contribution in [2.75, 3.05) is 0 Å². The molecule has 1 rings (SSSR count). The van der Waals surface area contributed by atoms with Crippen LogP contribution in [0.3, 0.4) is 0 Å². The minimum atomic E-state index is 0.0761. The fraction of sp³-hybridized carbons (Fsp3) is 0.375. The molecule has 1 heterocycles. The monoisotopic (exact) mass is 152 g/mol. The molecule has 0 atom stereocenters. The lowest BCUT2D eigenvalue weighted by atomic mass is 10.2. The zero-order chi connectivity index (χ0) is 8.43. The molecular formula is C8H12N2O. The van der Waals surface area contributed by atoms with E-state index in [4.69, 9.17) is 5.73 Å². The summed E-state index contributed by atoms with van der Waals surface area (Å²) in [6.45, 7) is 2.04. The molecule has 0 aromatic carbocycles. The summed E-state index contributed by atoms with van der Waals surface area (Å²) in [6.07, 6.45) is 1.87. The largest absolute Gasteiger partial charge is 0.348 e. The van der Waals surface area contributed by atoms with Crippen LogP contribution in [-0.2, 0) is 13.6 Å². The molecule has 0 spiro atoms. The summed E-state index contributed by atoms with van der Waals surface area (Å²) in [5.74, 6) is 0.0761. The predicted octanol–water partition coefficient (Wildman–Crippen LogP) is 0.686. The average molecular weight is 152 g/mol. The van der Waals surface area contributed by atoms with Gasteiger partial charge in [0.05, 0.1) is 5.69 Å². The fourth-order valence-corrected chi connectivity index (χ4v) is 1.09. The van der Waals surface area contributed by atoms with Gasteiger partial charge in [0.25, 0.3) is 0 Å². The molecular weight excluding hydrogens is 140 g/mol. The Morgan fingerprint density at radius 1 is 1.73 bits per heavy atom. The zero-order valence-electron chi connectivity index (χ0n) is 6.79. The Morgan fingerprint density at radius 2 is 2.36 bits per heavy atom. The maximum absolute atomic E-state index is 10.9. The van der Waals surface area contributed by atoms with Crippen LogP contribution in [0.1, 0.15) is 23.0 Å². The van der Waals surface area contributed by atoms with Crippen LogP contribution in [0, 0.1) is 0 Å². The molecule has 0 saturated carbocycles. The highest BCUT2D eigenvalue weighted by atomic mass is 16.1. The molecule has 0 saturated heterocycles. The maximum Gasteiger partial charge on any atom is 0.176 e. The van der Waals surface area contributed by atoms with Gasteiger partial charge in [-0.1, -0.05) is 0 Å².